The maximum atomic E-state index is 10.8. The van der Waals surface area contributed by atoms with Crippen LogP contribution in [0, 0.1) is 5.92 Å². The molecule has 1 saturated carbocycles. The number of rotatable bonds is 3. The van der Waals surface area contributed by atoms with Crippen molar-refractivity contribution in [1.29, 1.82) is 0 Å². The summed E-state index contributed by atoms with van der Waals surface area (Å²) in [6.45, 7) is 4.23. The summed E-state index contributed by atoms with van der Waals surface area (Å²) in [7, 11) is 0. The van der Waals surface area contributed by atoms with Crippen LogP contribution >= 0.6 is 11.6 Å². The van der Waals surface area contributed by atoms with Crippen molar-refractivity contribution >= 4 is 17.6 Å². The Labute approximate surface area is 100 Å². The van der Waals surface area contributed by atoms with Crippen LogP contribution in [0.15, 0.2) is 18.2 Å². The molecule has 0 heterocycles. The van der Waals surface area contributed by atoms with Gasteiger partial charge in [-0.3, -0.25) is 4.79 Å². The van der Waals surface area contributed by atoms with Gasteiger partial charge in [0.25, 0.3) is 0 Å². The average molecular weight is 239 g/mol. The van der Waals surface area contributed by atoms with Gasteiger partial charge in [-0.15, -0.1) is 0 Å². The molecule has 0 amide bonds. The molecule has 1 N–H and O–H groups in total. The van der Waals surface area contributed by atoms with E-state index in [0.29, 0.717) is 10.9 Å². The van der Waals surface area contributed by atoms with Gasteiger partial charge in [-0.1, -0.05) is 37.6 Å². The number of hydrogen-bond acceptors (Lipinski definition) is 1. The number of benzene rings is 1. The topological polar surface area (TPSA) is 37.3 Å². The molecule has 86 valence electrons. The zero-order chi connectivity index (χ0) is 11.9. The van der Waals surface area contributed by atoms with Crippen LogP contribution in [0.2, 0.25) is 5.02 Å². The van der Waals surface area contributed by atoms with Crippen molar-refractivity contribution in [2.24, 2.45) is 5.92 Å². The Kier molecular flexibility index (Phi) is 2.94. The maximum Gasteiger partial charge on any atom is 0.307 e. The molecule has 0 bridgehead atoms. The molecular formula is C13H15ClO2. The highest BCUT2D eigenvalue weighted by Gasteiger charge is 2.45. The first kappa shape index (κ1) is 11.5. The summed E-state index contributed by atoms with van der Waals surface area (Å²) in [5.74, 6) is -0.386. The van der Waals surface area contributed by atoms with Gasteiger partial charge in [0.1, 0.15) is 0 Å². The van der Waals surface area contributed by atoms with Crippen LogP contribution in [0.1, 0.15) is 43.2 Å². The summed E-state index contributed by atoms with van der Waals surface area (Å²) in [5, 5.41) is 9.58. The first-order valence-corrected chi connectivity index (χ1v) is 5.90. The molecule has 0 saturated heterocycles. The van der Waals surface area contributed by atoms with E-state index >= 15 is 0 Å². The van der Waals surface area contributed by atoms with Gasteiger partial charge in [-0.25, -0.2) is 0 Å². The van der Waals surface area contributed by atoms with Crippen molar-refractivity contribution in [1.82, 2.24) is 0 Å². The zero-order valence-electron chi connectivity index (χ0n) is 9.40. The normalized spacial score (nSPS) is 23.5. The van der Waals surface area contributed by atoms with Crippen molar-refractivity contribution in [3.63, 3.8) is 0 Å². The summed E-state index contributed by atoms with van der Waals surface area (Å²) in [4.78, 5) is 10.8. The summed E-state index contributed by atoms with van der Waals surface area (Å²) in [6, 6.07) is 5.98. The van der Waals surface area contributed by atoms with E-state index in [-0.39, 0.29) is 11.8 Å². The highest BCUT2D eigenvalue weighted by molar-refractivity contribution is 6.31. The van der Waals surface area contributed by atoms with Gasteiger partial charge in [-0.2, -0.15) is 0 Å². The van der Waals surface area contributed by atoms with Gasteiger partial charge in [-0.05, 0) is 35.4 Å². The van der Waals surface area contributed by atoms with E-state index < -0.39 is 5.97 Å². The van der Waals surface area contributed by atoms with Crippen LogP contribution < -0.4 is 0 Å². The van der Waals surface area contributed by atoms with Gasteiger partial charge in [0.05, 0.1) is 5.92 Å². The number of carbonyl (C=O) groups is 1. The number of carboxylic acids is 1. The van der Waals surface area contributed by atoms with E-state index in [1.165, 1.54) is 5.56 Å². The van der Waals surface area contributed by atoms with Crippen LogP contribution in [0.4, 0.5) is 0 Å². The van der Waals surface area contributed by atoms with Crippen molar-refractivity contribution in [2.75, 3.05) is 0 Å². The zero-order valence-corrected chi connectivity index (χ0v) is 10.2. The Morgan fingerprint density at radius 3 is 2.62 bits per heavy atom. The molecule has 1 aliphatic rings. The highest BCUT2D eigenvalue weighted by Crippen LogP contribution is 2.49. The summed E-state index contributed by atoms with van der Waals surface area (Å²) in [6.07, 6.45) is 0.718. The molecule has 0 spiro atoms. The van der Waals surface area contributed by atoms with E-state index in [1.807, 2.05) is 18.2 Å². The second-order valence-electron chi connectivity index (χ2n) is 4.72. The monoisotopic (exact) mass is 238 g/mol. The fourth-order valence-electron chi connectivity index (χ4n) is 2.01. The van der Waals surface area contributed by atoms with E-state index in [2.05, 4.69) is 13.8 Å². The fourth-order valence-corrected chi connectivity index (χ4v) is 2.34. The van der Waals surface area contributed by atoms with Crippen LogP contribution in [0.3, 0.4) is 0 Å². The third-order valence-corrected chi connectivity index (χ3v) is 3.53. The van der Waals surface area contributed by atoms with Crippen molar-refractivity contribution in [3.8, 4) is 0 Å². The lowest BCUT2D eigenvalue weighted by molar-refractivity contribution is -0.138. The standard InChI is InChI=1S/C13H15ClO2/c1-7(2)8-3-4-9(12(14)5-8)10-6-11(10)13(15)16/h3-5,7,10-11H,6H2,1-2H3,(H,15,16). The van der Waals surface area contributed by atoms with Gasteiger partial charge in [0.15, 0.2) is 0 Å². The van der Waals surface area contributed by atoms with Crippen LogP contribution in [0.5, 0.6) is 0 Å². The van der Waals surface area contributed by atoms with Crippen LogP contribution in [-0.2, 0) is 4.79 Å². The van der Waals surface area contributed by atoms with E-state index in [9.17, 15) is 4.79 Å². The minimum atomic E-state index is -0.714. The van der Waals surface area contributed by atoms with Gasteiger partial charge >= 0.3 is 5.97 Å². The summed E-state index contributed by atoms with van der Waals surface area (Å²) in [5.41, 5.74) is 2.18. The minimum Gasteiger partial charge on any atom is -0.481 e. The fraction of sp³-hybridized carbons (Fsp3) is 0.462. The van der Waals surface area contributed by atoms with Crippen molar-refractivity contribution in [3.05, 3.63) is 34.3 Å². The predicted molar refractivity (Wildman–Crippen MR) is 64.0 cm³/mol. The first-order valence-electron chi connectivity index (χ1n) is 5.53. The molecule has 0 aliphatic heterocycles. The number of hydrogen-bond donors (Lipinski definition) is 1. The molecule has 16 heavy (non-hydrogen) atoms. The van der Waals surface area contributed by atoms with Crippen molar-refractivity contribution in [2.45, 2.75) is 32.1 Å². The van der Waals surface area contributed by atoms with Crippen LogP contribution in [0.25, 0.3) is 0 Å². The molecule has 1 aliphatic carbocycles. The predicted octanol–water partition coefficient (Wildman–Crippen LogP) is 3.65. The lowest BCUT2D eigenvalue weighted by Crippen LogP contribution is -1.99. The van der Waals surface area contributed by atoms with Gasteiger partial charge in [0.2, 0.25) is 0 Å². The first-order chi connectivity index (χ1) is 7.50. The van der Waals surface area contributed by atoms with E-state index in [1.54, 1.807) is 0 Å². The Bertz CT molecular complexity index is 426. The third-order valence-electron chi connectivity index (χ3n) is 3.20. The second-order valence-corrected chi connectivity index (χ2v) is 5.13. The number of halogens is 1. The van der Waals surface area contributed by atoms with Crippen molar-refractivity contribution < 1.29 is 9.90 Å². The minimum absolute atomic E-state index is 0.117. The molecule has 2 unspecified atom stereocenters. The second kappa shape index (κ2) is 4.10. The van der Waals surface area contributed by atoms with E-state index in [4.69, 9.17) is 16.7 Å². The quantitative estimate of drug-likeness (QED) is 0.873. The number of carboxylic acid groups (broad SMARTS) is 1. The molecule has 1 aromatic carbocycles. The molecule has 3 heteroatoms. The Morgan fingerprint density at radius 2 is 2.19 bits per heavy atom. The Morgan fingerprint density at radius 1 is 1.50 bits per heavy atom. The molecule has 2 nitrogen and oxygen atoms in total. The Hall–Kier alpha value is -1.02. The van der Waals surface area contributed by atoms with Gasteiger partial charge < -0.3 is 5.11 Å². The molecule has 0 radical (unpaired) electrons. The Balaban J connectivity index is 2.22. The van der Waals surface area contributed by atoms with Crippen LogP contribution in [-0.4, -0.2) is 11.1 Å². The molecule has 2 rings (SSSR count). The largest absolute Gasteiger partial charge is 0.481 e. The summed E-state index contributed by atoms with van der Waals surface area (Å²) < 4.78 is 0. The molecular weight excluding hydrogens is 224 g/mol. The molecule has 0 aromatic heterocycles. The lowest BCUT2D eigenvalue weighted by atomic mass is 10.00. The number of aliphatic carboxylic acids is 1. The molecule has 1 fully saturated rings. The SMILES string of the molecule is CC(C)c1ccc(C2CC2C(=O)O)c(Cl)c1. The lowest BCUT2D eigenvalue weighted by Gasteiger charge is -2.09. The third kappa shape index (κ3) is 2.07. The molecule has 2 atom stereocenters. The van der Waals surface area contributed by atoms with Gasteiger partial charge in [0, 0.05) is 5.02 Å². The molecule has 1 aromatic rings. The maximum absolute atomic E-state index is 10.8. The average Bonchev–Trinajstić information content (AvgIpc) is 2.97. The smallest absolute Gasteiger partial charge is 0.307 e. The summed E-state index contributed by atoms with van der Waals surface area (Å²) >= 11 is 6.19. The van der Waals surface area contributed by atoms with E-state index in [0.717, 1.165) is 12.0 Å². The highest BCUT2D eigenvalue weighted by atomic mass is 35.5.